The number of carbonyl (C=O) groups is 4. The molecule has 0 saturated carbocycles. The van der Waals surface area contributed by atoms with Crippen molar-refractivity contribution in [2.75, 3.05) is 39.6 Å². The van der Waals surface area contributed by atoms with Crippen LogP contribution in [0, 0.1) is 23.7 Å². The predicted molar refractivity (Wildman–Crippen MR) is 340 cm³/mol. The van der Waals surface area contributed by atoms with E-state index in [1.165, 1.54) is 116 Å². The molecule has 0 aliphatic carbocycles. The highest BCUT2D eigenvalue weighted by molar-refractivity contribution is 7.47. The Morgan fingerprint density at radius 3 is 0.835 bits per heavy atom. The van der Waals surface area contributed by atoms with Gasteiger partial charge in [0.15, 0.2) is 12.2 Å². The van der Waals surface area contributed by atoms with Gasteiger partial charge in [0.25, 0.3) is 0 Å². The van der Waals surface area contributed by atoms with Gasteiger partial charge in [0.1, 0.15) is 19.3 Å². The first kappa shape index (κ1) is 83.1. The molecule has 0 amide bonds. The van der Waals surface area contributed by atoms with E-state index in [1.54, 1.807) is 0 Å². The smallest absolute Gasteiger partial charge is 0.462 e. The molecule has 0 bridgehead atoms. The molecule has 0 aromatic carbocycles. The molecular weight excluding hydrogens is 1130 g/mol. The first-order valence-electron chi connectivity index (χ1n) is 34.3. The molecule has 0 spiro atoms. The van der Waals surface area contributed by atoms with Crippen LogP contribution in [-0.2, 0) is 65.4 Å². The summed E-state index contributed by atoms with van der Waals surface area (Å²) in [6, 6.07) is 0. The van der Waals surface area contributed by atoms with Crippen LogP contribution in [0.15, 0.2) is 0 Å². The van der Waals surface area contributed by atoms with Crippen molar-refractivity contribution in [3.05, 3.63) is 0 Å². The lowest BCUT2D eigenvalue weighted by atomic mass is 9.99. The topological polar surface area (TPSA) is 237 Å². The van der Waals surface area contributed by atoms with E-state index in [-0.39, 0.29) is 25.7 Å². The van der Waals surface area contributed by atoms with Crippen LogP contribution in [0.3, 0.4) is 0 Å². The van der Waals surface area contributed by atoms with Gasteiger partial charge in [-0.05, 0) is 49.4 Å². The minimum atomic E-state index is -4.95. The Morgan fingerprint density at radius 2 is 0.565 bits per heavy atom. The fraction of sp³-hybridized carbons (Fsp3) is 0.939. The fourth-order valence-electron chi connectivity index (χ4n) is 9.72. The highest BCUT2D eigenvalue weighted by Gasteiger charge is 2.30. The molecule has 7 atom stereocenters. The van der Waals surface area contributed by atoms with Crippen molar-refractivity contribution in [1.29, 1.82) is 0 Å². The fourth-order valence-corrected chi connectivity index (χ4v) is 11.3. The van der Waals surface area contributed by atoms with Crippen molar-refractivity contribution in [1.82, 2.24) is 0 Å². The molecule has 0 saturated heterocycles. The maximum atomic E-state index is 13.0. The van der Waals surface area contributed by atoms with Crippen LogP contribution in [0.5, 0.6) is 0 Å². The zero-order valence-corrected chi connectivity index (χ0v) is 57.0. The van der Waals surface area contributed by atoms with Gasteiger partial charge in [0.05, 0.1) is 26.4 Å². The van der Waals surface area contributed by atoms with Crippen molar-refractivity contribution in [3.8, 4) is 0 Å². The van der Waals surface area contributed by atoms with Crippen LogP contribution < -0.4 is 0 Å². The summed E-state index contributed by atoms with van der Waals surface area (Å²) in [4.78, 5) is 72.3. The second kappa shape index (κ2) is 56.1. The van der Waals surface area contributed by atoms with Gasteiger partial charge in [-0.25, -0.2) is 9.13 Å². The Labute approximate surface area is 517 Å². The molecule has 17 nitrogen and oxygen atoms in total. The normalized spacial score (nSPS) is 15.0. The maximum absolute atomic E-state index is 13.0. The van der Waals surface area contributed by atoms with E-state index in [9.17, 15) is 43.2 Å². The Balaban J connectivity index is 5.26. The SMILES string of the molecule is CCC(C)CCCCCCCCCCC(=O)OC[C@H](COP(=O)(O)OC[C@@H](O)COP(=O)(O)OC[C@@H](COC(=O)CCCCCCCCC(C)C)OC(=O)CCCCCCCCC(C)CC)OC(=O)CCCCCCCCCCCCCC(C)C. The van der Waals surface area contributed by atoms with Gasteiger partial charge in [-0.3, -0.25) is 37.3 Å². The van der Waals surface area contributed by atoms with Crippen molar-refractivity contribution in [3.63, 3.8) is 0 Å². The largest absolute Gasteiger partial charge is 0.472 e. The first-order valence-corrected chi connectivity index (χ1v) is 37.3. The van der Waals surface area contributed by atoms with E-state index < -0.39 is 97.5 Å². The van der Waals surface area contributed by atoms with Crippen LogP contribution in [0.25, 0.3) is 0 Å². The molecule has 0 aromatic rings. The van der Waals surface area contributed by atoms with Crippen molar-refractivity contribution in [2.24, 2.45) is 23.7 Å². The molecule has 19 heteroatoms. The van der Waals surface area contributed by atoms with E-state index >= 15 is 0 Å². The molecule has 504 valence electrons. The number of phosphoric ester groups is 2. The Hall–Kier alpha value is -1.94. The minimum Gasteiger partial charge on any atom is -0.462 e. The number of esters is 4. The van der Waals surface area contributed by atoms with Crippen LogP contribution in [0.2, 0.25) is 0 Å². The van der Waals surface area contributed by atoms with Crippen molar-refractivity contribution in [2.45, 2.75) is 337 Å². The van der Waals surface area contributed by atoms with Gasteiger partial charge in [0.2, 0.25) is 0 Å². The molecule has 0 heterocycles. The second-order valence-corrected chi connectivity index (χ2v) is 28.2. The average Bonchev–Trinajstić information content (AvgIpc) is 3.46. The maximum Gasteiger partial charge on any atom is 0.472 e. The van der Waals surface area contributed by atoms with E-state index in [4.69, 9.17) is 37.0 Å². The number of carbonyl (C=O) groups excluding carboxylic acids is 4. The lowest BCUT2D eigenvalue weighted by molar-refractivity contribution is -0.161. The number of hydrogen-bond donors (Lipinski definition) is 3. The van der Waals surface area contributed by atoms with Gasteiger partial charge < -0.3 is 33.8 Å². The molecule has 4 unspecified atom stereocenters. The summed E-state index contributed by atoms with van der Waals surface area (Å²) in [6.45, 7) is 14.0. The van der Waals surface area contributed by atoms with Crippen LogP contribution in [0.1, 0.15) is 319 Å². The predicted octanol–water partition coefficient (Wildman–Crippen LogP) is 18.1. The van der Waals surface area contributed by atoms with Gasteiger partial charge in [-0.1, -0.05) is 267 Å². The van der Waals surface area contributed by atoms with Gasteiger partial charge in [-0.2, -0.15) is 0 Å². The van der Waals surface area contributed by atoms with Crippen LogP contribution in [-0.4, -0.2) is 96.7 Å². The number of ether oxygens (including phenoxy) is 4. The lowest BCUT2D eigenvalue weighted by Crippen LogP contribution is -2.30. The monoisotopic (exact) mass is 1250 g/mol. The average molecular weight is 1260 g/mol. The summed E-state index contributed by atoms with van der Waals surface area (Å²) < 4.78 is 68.1. The summed E-state index contributed by atoms with van der Waals surface area (Å²) in [5, 5.41) is 10.5. The van der Waals surface area contributed by atoms with Gasteiger partial charge in [0, 0.05) is 25.7 Å². The number of aliphatic hydroxyl groups excluding tert-OH is 1. The lowest BCUT2D eigenvalue weighted by Gasteiger charge is -2.21. The molecular formula is C66H128O17P2. The minimum absolute atomic E-state index is 0.101. The third-order valence-corrected chi connectivity index (χ3v) is 17.7. The van der Waals surface area contributed by atoms with Crippen molar-refractivity contribution >= 4 is 39.5 Å². The summed E-state index contributed by atoms with van der Waals surface area (Å²) in [5.74, 6) is 0.803. The van der Waals surface area contributed by atoms with Crippen molar-refractivity contribution < 1.29 is 80.2 Å². The zero-order valence-electron chi connectivity index (χ0n) is 55.2. The number of unbranched alkanes of at least 4 members (excludes halogenated alkanes) is 27. The van der Waals surface area contributed by atoms with E-state index in [0.717, 1.165) is 114 Å². The standard InChI is InChI=1S/C66H128O17P2/c1-9-58(7)44-36-28-19-16-17-20-30-38-46-63(68)76-52-61(82-65(70)48-40-32-21-15-13-11-12-14-18-26-34-42-56(3)4)54-80-84(72,73)78-50-60(67)51-79-85(74,75)81-55-62(53-77-64(69)47-39-31-24-22-27-35-43-57(5)6)83-66(71)49-41-33-25-23-29-37-45-59(8)10-2/h56-62,67H,9-55H2,1-8H3,(H,72,73)(H,74,75)/t58?,59?,60-,61-,62-/m1/s1. The number of aliphatic hydroxyl groups is 1. The number of rotatable bonds is 63. The molecule has 0 aromatic heterocycles. The molecule has 0 aliphatic heterocycles. The number of hydrogen-bond acceptors (Lipinski definition) is 15. The van der Waals surface area contributed by atoms with Crippen LogP contribution in [0.4, 0.5) is 0 Å². The van der Waals surface area contributed by atoms with Crippen LogP contribution >= 0.6 is 15.6 Å². The quantitative estimate of drug-likeness (QED) is 0.0222. The zero-order chi connectivity index (χ0) is 63.2. The Bertz CT molecular complexity index is 1700. The van der Waals surface area contributed by atoms with Gasteiger partial charge >= 0.3 is 39.5 Å². The summed E-state index contributed by atoms with van der Waals surface area (Å²) in [6.07, 6.45) is 36.3. The highest BCUT2D eigenvalue weighted by atomic mass is 31.2. The first-order chi connectivity index (χ1) is 40.7. The molecule has 3 N–H and O–H groups in total. The highest BCUT2D eigenvalue weighted by Crippen LogP contribution is 2.45. The molecule has 85 heavy (non-hydrogen) atoms. The van der Waals surface area contributed by atoms with E-state index in [2.05, 4.69) is 55.4 Å². The summed E-state index contributed by atoms with van der Waals surface area (Å²) in [7, 11) is -9.89. The Morgan fingerprint density at radius 1 is 0.329 bits per heavy atom. The Kier molecular flexibility index (Phi) is 54.8. The number of phosphoric acid groups is 2. The second-order valence-electron chi connectivity index (χ2n) is 25.3. The molecule has 0 aliphatic rings. The summed E-state index contributed by atoms with van der Waals surface area (Å²) >= 11 is 0. The molecule has 0 fully saturated rings. The third-order valence-electron chi connectivity index (χ3n) is 15.8. The summed E-state index contributed by atoms with van der Waals surface area (Å²) in [5.41, 5.74) is 0. The van der Waals surface area contributed by atoms with Gasteiger partial charge in [-0.15, -0.1) is 0 Å². The molecule has 0 radical (unpaired) electrons. The third kappa shape index (κ3) is 58.2. The van der Waals surface area contributed by atoms with E-state index in [0.29, 0.717) is 31.6 Å². The molecule has 0 rings (SSSR count). The van der Waals surface area contributed by atoms with E-state index in [1.807, 2.05) is 0 Å².